The third-order valence-corrected chi connectivity index (χ3v) is 8.78. The van der Waals surface area contributed by atoms with E-state index in [0.717, 1.165) is 37.1 Å². The van der Waals surface area contributed by atoms with Gasteiger partial charge in [-0.15, -0.1) is 0 Å². The molecule has 0 bridgehead atoms. The van der Waals surface area contributed by atoms with E-state index in [0.29, 0.717) is 37.4 Å². The van der Waals surface area contributed by atoms with Crippen molar-refractivity contribution in [3.63, 3.8) is 0 Å². The monoisotopic (exact) mass is 461 g/mol. The van der Waals surface area contributed by atoms with Gasteiger partial charge in [0.25, 0.3) is 0 Å². The van der Waals surface area contributed by atoms with E-state index in [1.54, 1.807) is 21.0 Å². The Hall–Kier alpha value is -2.39. The molecule has 1 aromatic carbocycles. The van der Waals surface area contributed by atoms with E-state index >= 15 is 0 Å². The Morgan fingerprint density at radius 2 is 1.94 bits per heavy atom. The SMILES string of the molecule is COc1cccc(CC2CCCN2C(=O)C2CCN(S(=O)(=O)c3c(C)noc3C)CC2)c1. The zero-order valence-corrected chi connectivity index (χ0v) is 19.7. The fourth-order valence-electron chi connectivity index (χ4n) is 4.96. The van der Waals surface area contributed by atoms with Crippen molar-refractivity contribution in [1.29, 1.82) is 0 Å². The highest BCUT2D eigenvalue weighted by Gasteiger charge is 2.38. The van der Waals surface area contributed by atoms with Crippen LogP contribution in [0.3, 0.4) is 0 Å². The van der Waals surface area contributed by atoms with E-state index in [9.17, 15) is 13.2 Å². The van der Waals surface area contributed by atoms with E-state index in [4.69, 9.17) is 9.26 Å². The van der Waals surface area contributed by atoms with Crippen LogP contribution in [0, 0.1) is 19.8 Å². The number of aromatic nitrogens is 1. The number of likely N-dealkylation sites (tertiary alicyclic amines) is 1. The first-order chi connectivity index (χ1) is 15.3. The molecule has 2 aliphatic heterocycles. The molecule has 1 aromatic heterocycles. The normalized spacial score (nSPS) is 20.6. The number of amides is 1. The lowest BCUT2D eigenvalue weighted by atomic mass is 9.95. The predicted molar refractivity (Wildman–Crippen MR) is 119 cm³/mol. The number of carbonyl (C=O) groups is 1. The topological polar surface area (TPSA) is 93.0 Å². The fraction of sp³-hybridized carbons (Fsp3) is 0.565. The van der Waals surface area contributed by atoms with Gasteiger partial charge in [0, 0.05) is 31.6 Å². The number of ether oxygens (including phenoxy) is 1. The van der Waals surface area contributed by atoms with Crippen LogP contribution in [-0.2, 0) is 21.2 Å². The van der Waals surface area contributed by atoms with Gasteiger partial charge in [0.15, 0.2) is 5.76 Å². The molecule has 4 rings (SSSR count). The summed E-state index contributed by atoms with van der Waals surface area (Å²) in [5.74, 6) is 1.14. The van der Waals surface area contributed by atoms with Crippen LogP contribution in [0.4, 0.5) is 0 Å². The molecule has 1 amide bonds. The molecule has 1 atom stereocenters. The summed E-state index contributed by atoms with van der Waals surface area (Å²) >= 11 is 0. The van der Waals surface area contributed by atoms with Crippen molar-refractivity contribution in [3.05, 3.63) is 41.3 Å². The Balaban J connectivity index is 1.39. The van der Waals surface area contributed by atoms with Gasteiger partial charge in [0.1, 0.15) is 16.3 Å². The van der Waals surface area contributed by atoms with Crippen LogP contribution in [0.2, 0.25) is 0 Å². The van der Waals surface area contributed by atoms with Gasteiger partial charge in [0.05, 0.1) is 7.11 Å². The number of methoxy groups -OCH3 is 1. The summed E-state index contributed by atoms with van der Waals surface area (Å²) in [4.78, 5) is 15.5. The Bertz CT molecular complexity index is 1050. The minimum absolute atomic E-state index is 0.142. The van der Waals surface area contributed by atoms with Gasteiger partial charge in [-0.2, -0.15) is 4.31 Å². The van der Waals surface area contributed by atoms with Crippen molar-refractivity contribution < 1.29 is 22.5 Å². The van der Waals surface area contributed by atoms with Crippen molar-refractivity contribution in [3.8, 4) is 5.75 Å². The lowest BCUT2D eigenvalue weighted by Gasteiger charge is -2.34. The number of benzene rings is 1. The molecular formula is C23H31N3O5S. The molecule has 8 nitrogen and oxygen atoms in total. The number of hydrogen-bond donors (Lipinski definition) is 0. The van der Waals surface area contributed by atoms with E-state index < -0.39 is 10.0 Å². The van der Waals surface area contributed by atoms with Crippen molar-refractivity contribution in [2.45, 2.75) is 56.9 Å². The average Bonchev–Trinajstić information content (AvgIpc) is 3.39. The average molecular weight is 462 g/mol. The summed E-state index contributed by atoms with van der Waals surface area (Å²) in [5, 5.41) is 3.78. The quantitative estimate of drug-likeness (QED) is 0.657. The highest BCUT2D eigenvalue weighted by Crippen LogP contribution is 2.31. The number of carbonyl (C=O) groups excluding carboxylic acids is 1. The summed E-state index contributed by atoms with van der Waals surface area (Å²) in [6.45, 7) is 4.67. The lowest BCUT2D eigenvalue weighted by Crippen LogP contribution is -2.46. The molecule has 1 unspecified atom stereocenters. The van der Waals surface area contributed by atoms with Crippen LogP contribution in [-0.4, -0.2) is 61.5 Å². The molecule has 2 saturated heterocycles. The molecule has 2 aromatic rings. The van der Waals surface area contributed by atoms with Crippen LogP contribution in [0.1, 0.15) is 42.7 Å². The van der Waals surface area contributed by atoms with Crippen LogP contribution in [0.5, 0.6) is 5.75 Å². The summed E-state index contributed by atoms with van der Waals surface area (Å²) in [6.07, 6.45) is 3.86. The minimum Gasteiger partial charge on any atom is -0.497 e. The predicted octanol–water partition coefficient (Wildman–Crippen LogP) is 2.93. The molecule has 2 aliphatic rings. The second-order valence-electron chi connectivity index (χ2n) is 8.71. The first-order valence-corrected chi connectivity index (χ1v) is 12.6. The van der Waals surface area contributed by atoms with Gasteiger partial charge in [-0.3, -0.25) is 4.79 Å². The van der Waals surface area contributed by atoms with Crippen LogP contribution in [0.15, 0.2) is 33.7 Å². The maximum Gasteiger partial charge on any atom is 0.248 e. The van der Waals surface area contributed by atoms with Gasteiger partial charge in [-0.05, 0) is 63.6 Å². The molecule has 0 spiro atoms. The first-order valence-electron chi connectivity index (χ1n) is 11.2. The van der Waals surface area contributed by atoms with E-state index in [2.05, 4.69) is 11.2 Å². The molecule has 0 aliphatic carbocycles. The Morgan fingerprint density at radius 1 is 1.19 bits per heavy atom. The van der Waals surface area contributed by atoms with Gasteiger partial charge in [0.2, 0.25) is 15.9 Å². The van der Waals surface area contributed by atoms with Crippen LogP contribution >= 0.6 is 0 Å². The van der Waals surface area contributed by atoms with Crippen LogP contribution < -0.4 is 4.74 Å². The van der Waals surface area contributed by atoms with Crippen molar-refractivity contribution in [2.75, 3.05) is 26.7 Å². The number of nitrogens with zero attached hydrogens (tertiary/aromatic N) is 3. The molecular weight excluding hydrogens is 430 g/mol. The van der Waals surface area contributed by atoms with E-state index in [1.807, 2.05) is 23.1 Å². The summed E-state index contributed by atoms with van der Waals surface area (Å²) in [5.41, 5.74) is 1.53. The summed E-state index contributed by atoms with van der Waals surface area (Å²) in [7, 11) is -2.01. The van der Waals surface area contributed by atoms with E-state index in [-0.39, 0.29) is 22.8 Å². The first kappa shape index (κ1) is 22.8. The summed E-state index contributed by atoms with van der Waals surface area (Å²) < 4.78 is 37.9. The third kappa shape index (κ3) is 4.41. The molecule has 2 fully saturated rings. The van der Waals surface area contributed by atoms with Crippen molar-refractivity contribution in [2.24, 2.45) is 5.92 Å². The number of rotatable bonds is 6. The molecule has 32 heavy (non-hydrogen) atoms. The molecule has 0 saturated carbocycles. The largest absolute Gasteiger partial charge is 0.497 e. The van der Waals surface area contributed by atoms with Crippen LogP contribution in [0.25, 0.3) is 0 Å². The molecule has 3 heterocycles. The molecule has 0 N–H and O–H groups in total. The fourth-order valence-corrected chi connectivity index (χ4v) is 6.72. The second-order valence-corrected chi connectivity index (χ2v) is 10.6. The highest BCUT2D eigenvalue weighted by molar-refractivity contribution is 7.89. The number of hydrogen-bond acceptors (Lipinski definition) is 6. The molecule has 174 valence electrons. The van der Waals surface area contributed by atoms with Gasteiger partial charge < -0.3 is 14.2 Å². The standard InChI is InChI=1S/C23H31N3O5S/c1-16-22(17(2)31-24-16)32(28,29)25-12-9-19(10-13-25)23(27)26-11-5-7-20(26)14-18-6-4-8-21(15-18)30-3/h4,6,8,15,19-20H,5,7,9-14H2,1-3H3. The third-order valence-electron chi connectivity index (χ3n) is 6.63. The van der Waals surface area contributed by atoms with Crippen molar-refractivity contribution >= 4 is 15.9 Å². The van der Waals surface area contributed by atoms with Crippen molar-refractivity contribution in [1.82, 2.24) is 14.4 Å². The lowest BCUT2D eigenvalue weighted by molar-refractivity contribution is -0.137. The maximum absolute atomic E-state index is 13.3. The Kier molecular flexibility index (Phi) is 6.57. The zero-order chi connectivity index (χ0) is 22.9. The molecule has 0 radical (unpaired) electrons. The number of aryl methyl sites for hydroxylation is 2. The van der Waals surface area contributed by atoms with Gasteiger partial charge >= 0.3 is 0 Å². The van der Waals surface area contributed by atoms with E-state index in [1.165, 1.54) is 4.31 Å². The number of piperidine rings is 1. The minimum atomic E-state index is -3.67. The van der Waals surface area contributed by atoms with Gasteiger partial charge in [-0.1, -0.05) is 17.3 Å². The smallest absolute Gasteiger partial charge is 0.248 e. The zero-order valence-electron chi connectivity index (χ0n) is 18.9. The van der Waals surface area contributed by atoms with Gasteiger partial charge in [-0.25, -0.2) is 8.42 Å². The molecule has 9 heteroatoms. The Morgan fingerprint density at radius 3 is 2.59 bits per heavy atom. The summed E-state index contributed by atoms with van der Waals surface area (Å²) in [6, 6.07) is 8.18. The Labute approximate surface area is 189 Å². The highest BCUT2D eigenvalue weighted by atomic mass is 32.2. The second kappa shape index (κ2) is 9.23. The maximum atomic E-state index is 13.3. The number of sulfonamides is 1.